The number of hydrogen-bond acceptors (Lipinski definition) is 3. The van der Waals surface area contributed by atoms with Crippen LogP contribution in [0.2, 0.25) is 5.02 Å². The number of carbonyl (C=O) groups excluding carboxylic acids is 2. The fraction of sp³-hybridized carbons (Fsp3) is 0.579. The Morgan fingerprint density at radius 3 is 2.12 bits per heavy atom. The van der Waals surface area contributed by atoms with E-state index in [9.17, 15) is 9.59 Å². The number of halogens is 2. The third-order valence-corrected chi connectivity index (χ3v) is 6.49. The molecule has 4 rings (SSSR count). The highest BCUT2D eigenvalue weighted by Gasteiger charge is 2.50. The number of hydrogen-bond donors (Lipinski definition) is 1. The summed E-state index contributed by atoms with van der Waals surface area (Å²) < 4.78 is 0. The lowest BCUT2D eigenvalue weighted by Gasteiger charge is -2.38. The number of piperazine rings is 1. The summed E-state index contributed by atoms with van der Waals surface area (Å²) in [6.45, 7) is 2.34. The quantitative estimate of drug-likeness (QED) is 0.832. The van der Waals surface area contributed by atoms with Crippen LogP contribution in [0.15, 0.2) is 24.3 Å². The Kier molecular flexibility index (Phi) is 5.80. The Bertz CT molecular complexity index is 672. The lowest BCUT2D eigenvalue weighted by molar-refractivity contribution is -0.139. The number of fused-ring (bicyclic) bond motifs is 2. The average Bonchev–Trinajstić information content (AvgIpc) is 3.22. The lowest BCUT2D eigenvalue weighted by atomic mass is 9.84. The van der Waals surface area contributed by atoms with Gasteiger partial charge in [0.05, 0.1) is 5.92 Å². The second-order valence-corrected chi connectivity index (χ2v) is 8.00. The van der Waals surface area contributed by atoms with Crippen LogP contribution in [0.5, 0.6) is 0 Å². The maximum Gasteiger partial charge on any atom is 0.253 e. The summed E-state index contributed by atoms with van der Waals surface area (Å²) in [5.41, 5.74) is 6.95. The summed E-state index contributed by atoms with van der Waals surface area (Å²) in [5, 5.41) is 0.620. The normalized spacial score (nSPS) is 30.2. The van der Waals surface area contributed by atoms with Crippen LogP contribution in [-0.2, 0) is 4.79 Å². The first kappa shape index (κ1) is 19.5. The van der Waals surface area contributed by atoms with Gasteiger partial charge in [0.1, 0.15) is 0 Å². The van der Waals surface area contributed by atoms with Gasteiger partial charge in [0.15, 0.2) is 0 Å². The van der Waals surface area contributed by atoms with E-state index in [4.69, 9.17) is 17.3 Å². The standard InChI is InChI=1S/C19H24ClN3O2.ClH/c20-15-5-3-12(4-6-15)18(24)22-7-9-23(10-8-22)19(25)16-13-1-2-14(11-13)17(16)21;/h3-6,13-14,16-17H,1-2,7-11,21H2;1H. The van der Waals surface area contributed by atoms with Crippen LogP contribution in [0.3, 0.4) is 0 Å². The molecule has 1 aromatic carbocycles. The summed E-state index contributed by atoms with van der Waals surface area (Å²) in [6, 6.07) is 6.98. The third-order valence-electron chi connectivity index (χ3n) is 6.24. The van der Waals surface area contributed by atoms with Crippen LogP contribution >= 0.6 is 24.0 Å². The van der Waals surface area contributed by atoms with Crippen molar-refractivity contribution in [3.05, 3.63) is 34.9 Å². The van der Waals surface area contributed by atoms with Crippen LogP contribution in [-0.4, -0.2) is 53.8 Å². The highest BCUT2D eigenvalue weighted by atomic mass is 35.5. The molecule has 0 spiro atoms. The molecular weight excluding hydrogens is 373 g/mol. The number of benzene rings is 1. The molecule has 26 heavy (non-hydrogen) atoms. The maximum atomic E-state index is 12.9. The zero-order valence-electron chi connectivity index (χ0n) is 14.6. The number of amides is 2. The molecule has 0 aromatic heterocycles. The van der Waals surface area contributed by atoms with E-state index in [1.165, 1.54) is 6.42 Å². The Labute approximate surface area is 165 Å². The van der Waals surface area contributed by atoms with Crippen LogP contribution in [0, 0.1) is 17.8 Å². The molecule has 2 bridgehead atoms. The van der Waals surface area contributed by atoms with Crippen molar-refractivity contribution >= 4 is 35.8 Å². The molecule has 4 atom stereocenters. The minimum atomic E-state index is -0.00253. The molecule has 4 unspecified atom stereocenters. The summed E-state index contributed by atoms with van der Waals surface area (Å²) in [5.74, 6) is 1.21. The number of nitrogens with zero attached hydrogens (tertiary/aromatic N) is 2. The van der Waals surface area contributed by atoms with E-state index in [1.807, 2.05) is 9.80 Å². The van der Waals surface area contributed by atoms with Gasteiger partial charge < -0.3 is 15.5 Å². The third kappa shape index (κ3) is 3.45. The number of rotatable bonds is 2. The van der Waals surface area contributed by atoms with Crippen molar-refractivity contribution in [2.75, 3.05) is 26.2 Å². The predicted octanol–water partition coefficient (Wildman–Crippen LogP) is 2.42. The SMILES string of the molecule is Cl.NC1C2CCC(C2)C1C(=O)N1CCN(C(=O)c2ccc(Cl)cc2)CC1. The van der Waals surface area contributed by atoms with Gasteiger partial charge in [0.2, 0.25) is 5.91 Å². The van der Waals surface area contributed by atoms with E-state index in [-0.39, 0.29) is 36.2 Å². The Balaban J connectivity index is 0.00000196. The van der Waals surface area contributed by atoms with Crippen molar-refractivity contribution in [2.24, 2.45) is 23.5 Å². The van der Waals surface area contributed by atoms with Crippen LogP contribution in [0.1, 0.15) is 29.6 Å². The van der Waals surface area contributed by atoms with E-state index in [1.54, 1.807) is 24.3 Å². The largest absolute Gasteiger partial charge is 0.339 e. The molecule has 1 saturated heterocycles. The van der Waals surface area contributed by atoms with Gasteiger partial charge in [-0.15, -0.1) is 12.4 Å². The Hall–Kier alpha value is -1.30. The van der Waals surface area contributed by atoms with E-state index in [0.717, 1.165) is 12.8 Å². The first-order valence-electron chi connectivity index (χ1n) is 9.14. The molecule has 2 aliphatic carbocycles. The minimum absolute atomic E-state index is 0. The second kappa shape index (κ2) is 7.75. The van der Waals surface area contributed by atoms with Crippen LogP contribution in [0.4, 0.5) is 0 Å². The van der Waals surface area contributed by atoms with Gasteiger partial charge in [-0.25, -0.2) is 0 Å². The lowest BCUT2D eigenvalue weighted by Crippen LogP contribution is -2.54. The Morgan fingerprint density at radius 2 is 1.54 bits per heavy atom. The summed E-state index contributed by atoms with van der Waals surface area (Å²) in [6.07, 6.45) is 3.44. The van der Waals surface area contributed by atoms with Gasteiger partial charge in [-0.3, -0.25) is 9.59 Å². The number of carbonyl (C=O) groups is 2. The zero-order valence-corrected chi connectivity index (χ0v) is 16.2. The van der Waals surface area contributed by atoms with Crippen LogP contribution in [0.25, 0.3) is 0 Å². The van der Waals surface area contributed by atoms with E-state index >= 15 is 0 Å². The van der Waals surface area contributed by atoms with Crippen molar-refractivity contribution in [3.8, 4) is 0 Å². The molecule has 2 N–H and O–H groups in total. The van der Waals surface area contributed by atoms with E-state index in [2.05, 4.69) is 0 Å². The minimum Gasteiger partial charge on any atom is -0.339 e. The van der Waals surface area contributed by atoms with Gasteiger partial charge in [0.25, 0.3) is 5.91 Å². The van der Waals surface area contributed by atoms with Gasteiger partial charge >= 0.3 is 0 Å². The highest BCUT2D eigenvalue weighted by molar-refractivity contribution is 6.30. The highest BCUT2D eigenvalue weighted by Crippen LogP contribution is 2.48. The van der Waals surface area contributed by atoms with Crippen molar-refractivity contribution in [1.29, 1.82) is 0 Å². The molecular formula is C19H25Cl2N3O2. The van der Waals surface area contributed by atoms with Crippen molar-refractivity contribution in [2.45, 2.75) is 25.3 Å². The second-order valence-electron chi connectivity index (χ2n) is 7.56. The Morgan fingerprint density at radius 1 is 0.962 bits per heavy atom. The van der Waals surface area contributed by atoms with Gasteiger partial charge in [0, 0.05) is 42.8 Å². The molecule has 2 saturated carbocycles. The van der Waals surface area contributed by atoms with E-state index in [0.29, 0.717) is 48.6 Å². The first-order chi connectivity index (χ1) is 12.0. The van der Waals surface area contributed by atoms with E-state index < -0.39 is 0 Å². The monoisotopic (exact) mass is 397 g/mol. The van der Waals surface area contributed by atoms with Crippen molar-refractivity contribution in [3.63, 3.8) is 0 Å². The van der Waals surface area contributed by atoms with Gasteiger partial charge in [-0.05, 0) is 55.4 Å². The molecule has 142 valence electrons. The summed E-state index contributed by atoms with van der Waals surface area (Å²) in [4.78, 5) is 29.2. The van der Waals surface area contributed by atoms with Crippen molar-refractivity contribution in [1.82, 2.24) is 9.80 Å². The smallest absolute Gasteiger partial charge is 0.253 e. The maximum absolute atomic E-state index is 12.9. The summed E-state index contributed by atoms with van der Waals surface area (Å²) >= 11 is 5.88. The van der Waals surface area contributed by atoms with Gasteiger partial charge in [-0.2, -0.15) is 0 Å². The molecule has 5 nitrogen and oxygen atoms in total. The van der Waals surface area contributed by atoms with Crippen molar-refractivity contribution < 1.29 is 9.59 Å². The van der Waals surface area contributed by atoms with Gasteiger partial charge in [-0.1, -0.05) is 11.6 Å². The first-order valence-corrected chi connectivity index (χ1v) is 9.51. The fourth-order valence-electron chi connectivity index (χ4n) is 4.82. The molecule has 1 heterocycles. The summed E-state index contributed by atoms with van der Waals surface area (Å²) in [7, 11) is 0. The predicted molar refractivity (Wildman–Crippen MR) is 103 cm³/mol. The molecule has 1 aromatic rings. The van der Waals surface area contributed by atoms with Crippen LogP contribution < -0.4 is 5.73 Å². The molecule has 1 aliphatic heterocycles. The zero-order chi connectivity index (χ0) is 17.6. The molecule has 3 fully saturated rings. The molecule has 7 heteroatoms. The number of nitrogens with two attached hydrogens (primary N) is 1. The molecule has 0 radical (unpaired) electrons. The topological polar surface area (TPSA) is 66.6 Å². The molecule has 2 amide bonds. The fourth-order valence-corrected chi connectivity index (χ4v) is 4.94. The molecule has 3 aliphatic rings. The average molecular weight is 398 g/mol.